The maximum absolute atomic E-state index is 13.1. The summed E-state index contributed by atoms with van der Waals surface area (Å²) in [4.78, 5) is 27.5. The summed E-state index contributed by atoms with van der Waals surface area (Å²) in [7, 11) is 1.60. The van der Waals surface area contributed by atoms with E-state index in [4.69, 9.17) is 21.1 Å². The predicted octanol–water partition coefficient (Wildman–Crippen LogP) is 4.31. The molecule has 1 atom stereocenters. The van der Waals surface area contributed by atoms with Crippen LogP contribution in [0.3, 0.4) is 0 Å². The van der Waals surface area contributed by atoms with Gasteiger partial charge in [-0.3, -0.25) is 9.59 Å². The summed E-state index contributed by atoms with van der Waals surface area (Å²) in [6, 6.07) is 13.7. The quantitative estimate of drug-likeness (QED) is 0.558. The zero-order valence-corrected chi connectivity index (χ0v) is 19.3. The zero-order valence-electron chi connectivity index (χ0n) is 18.6. The molecule has 7 heteroatoms. The largest absolute Gasteiger partial charge is 0.497 e. The number of carbonyl (C=O) groups is 2. The van der Waals surface area contributed by atoms with E-state index in [1.54, 1.807) is 36.3 Å². The third-order valence-electron chi connectivity index (χ3n) is 4.76. The van der Waals surface area contributed by atoms with Crippen molar-refractivity contribution in [3.63, 3.8) is 0 Å². The van der Waals surface area contributed by atoms with Gasteiger partial charge >= 0.3 is 0 Å². The third kappa shape index (κ3) is 7.79. The molecule has 2 rings (SSSR count). The average Bonchev–Trinajstić information content (AvgIpc) is 2.77. The molecule has 0 aliphatic carbocycles. The Morgan fingerprint density at radius 1 is 1.03 bits per heavy atom. The molecule has 168 valence electrons. The molecule has 0 heterocycles. The van der Waals surface area contributed by atoms with Crippen LogP contribution >= 0.6 is 11.6 Å². The molecule has 1 N–H and O–H groups in total. The topological polar surface area (TPSA) is 67.9 Å². The molecule has 2 amide bonds. The number of methoxy groups -OCH3 is 1. The van der Waals surface area contributed by atoms with Gasteiger partial charge in [-0.25, -0.2) is 0 Å². The Bertz CT molecular complexity index is 838. The van der Waals surface area contributed by atoms with Crippen LogP contribution in [0.2, 0.25) is 5.02 Å². The number of ether oxygens (including phenoxy) is 2. The molecule has 2 aromatic rings. The first kappa shape index (κ1) is 24.5. The van der Waals surface area contributed by atoms with E-state index >= 15 is 0 Å². The monoisotopic (exact) mass is 446 g/mol. The van der Waals surface area contributed by atoms with Crippen molar-refractivity contribution in [1.82, 2.24) is 10.2 Å². The summed E-state index contributed by atoms with van der Waals surface area (Å²) in [6.07, 6.45) is 0.493. The second kappa shape index (κ2) is 12.2. The number of amides is 2. The van der Waals surface area contributed by atoms with Crippen molar-refractivity contribution < 1.29 is 19.1 Å². The lowest BCUT2D eigenvalue weighted by molar-refractivity contribution is -0.143. The number of hydrogen-bond donors (Lipinski definition) is 1. The SMILES string of the molecule is CC[C@@H](C(=O)NCC(C)C)N(Cc1ccc(OC)cc1)C(=O)COc1ccc(Cl)cc1. The first-order valence-corrected chi connectivity index (χ1v) is 10.8. The molecular weight excluding hydrogens is 416 g/mol. The molecule has 2 aromatic carbocycles. The van der Waals surface area contributed by atoms with Crippen LogP contribution in [0.1, 0.15) is 32.8 Å². The highest BCUT2D eigenvalue weighted by molar-refractivity contribution is 6.30. The Balaban J connectivity index is 2.18. The Morgan fingerprint density at radius 3 is 2.19 bits per heavy atom. The number of carbonyl (C=O) groups excluding carboxylic acids is 2. The number of nitrogens with one attached hydrogen (secondary N) is 1. The molecule has 0 spiro atoms. The van der Waals surface area contributed by atoms with Crippen LogP contribution in [0.4, 0.5) is 0 Å². The highest BCUT2D eigenvalue weighted by atomic mass is 35.5. The van der Waals surface area contributed by atoms with E-state index in [0.29, 0.717) is 36.2 Å². The molecule has 0 bridgehead atoms. The average molecular weight is 447 g/mol. The highest BCUT2D eigenvalue weighted by Crippen LogP contribution is 2.18. The molecule has 6 nitrogen and oxygen atoms in total. The minimum atomic E-state index is -0.595. The van der Waals surface area contributed by atoms with Crippen molar-refractivity contribution in [1.29, 1.82) is 0 Å². The third-order valence-corrected chi connectivity index (χ3v) is 5.01. The molecule has 0 saturated heterocycles. The van der Waals surface area contributed by atoms with Crippen molar-refractivity contribution in [2.45, 2.75) is 39.8 Å². The lowest BCUT2D eigenvalue weighted by Crippen LogP contribution is -2.50. The maximum atomic E-state index is 13.1. The van der Waals surface area contributed by atoms with Gasteiger partial charge in [0.15, 0.2) is 6.61 Å². The molecule has 31 heavy (non-hydrogen) atoms. The van der Waals surface area contributed by atoms with E-state index in [1.165, 1.54) is 0 Å². The van der Waals surface area contributed by atoms with Gasteiger partial charge in [0.25, 0.3) is 5.91 Å². The molecule has 0 aromatic heterocycles. The van der Waals surface area contributed by atoms with Gasteiger partial charge in [0.05, 0.1) is 7.11 Å². The van der Waals surface area contributed by atoms with Crippen LogP contribution in [0.15, 0.2) is 48.5 Å². The van der Waals surface area contributed by atoms with Gasteiger partial charge in [-0.1, -0.05) is 44.5 Å². The molecular formula is C24H31ClN2O4. The van der Waals surface area contributed by atoms with Gasteiger partial charge < -0.3 is 19.7 Å². The van der Waals surface area contributed by atoms with E-state index in [-0.39, 0.29) is 18.4 Å². The van der Waals surface area contributed by atoms with Gasteiger partial charge in [0.1, 0.15) is 17.5 Å². The maximum Gasteiger partial charge on any atom is 0.261 e. The van der Waals surface area contributed by atoms with Crippen molar-refractivity contribution in [2.75, 3.05) is 20.3 Å². The molecule has 0 aliphatic heterocycles. The fraction of sp³-hybridized carbons (Fsp3) is 0.417. The van der Waals surface area contributed by atoms with Gasteiger partial charge in [-0.05, 0) is 54.3 Å². The fourth-order valence-electron chi connectivity index (χ4n) is 3.03. The fourth-order valence-corrected chi connectivity index (χ4v) is 3.15. The van der Waals surface area contributed by atoms with Crippen LogP contribution in [-0.4, -0.2) is 43.0 Å². The van der Waals surface area contributed by atoms with Crippen LogP contribution in [0.5, 0.6) is 11.5 Å². The smallest absolute Gasteiger partial charge is 0.261 e. The van der Waals surface area contributed by atoms with Gasteiger partial charge in [0, 0.05) is 18.1 Å². The standard InChI is InChI=1S/C24H31ClN2O4/c1-5-22(24(29)26-14-17(2)3)27(15-18-6-10-20(30-4)11-7-18)23(28)16-31-21-12-8-19(25)9-13-21/h6-13,17,22H,5,14-16H2,1-4H3,(H,26,29)/t22-/m0/s1. The summed E-state index contributed by atoms with van der Waals surface area (Å²) in [5.41, 5.74) is 0.899. The number of benzene rings is 2. The van der Waals surface area contributed by atoms with Gasteiger partial charge in [-0.2, -0.15) is 0 Å². The Hall–Kier alpha value is -2.73. The minimum Gasteiger partial charge on any atom is -0.497 e. The van der Waals surface area contributed by atoms with Crippen LogP contribution in [0.25, 0.3) is 0 Å². The number of hydrogen-bond acceptors (Lipinski definition) is 4. The van der Waals surface area contributed by atoms with Crippen LogP contribution in [-0.2, 0) is 16.1 Å². The summed E-state index contributed by atoms with van der Waals surface area (Å²) >= 11 is 5.90. The van der Waals surface area contributed by atoms with E-state index in [2.05, 4.69) is 5.32 Å². The predicted molar refractivity (Wildman–Crippen MR) is 122 cm³/mol. The second-order valence-corrected chi connectivity index (χ2v) is 8.11. The van der Waals surface area contributed by atoms with E-state index < -0.39 is 6.04 Å². The lowest BCUT2D eigenvalue weighted by Gasteiger charge is -2.31. The molecule has 0 radical (unpaired) electrons. The second-order valence-electron chi connectivity index (χ2n) is 7.68. The number of rotatable bonds is 11. The van der Waals surface area contributed by atoms with E-state index in [0.717, 1.165) is 11.3 Å². The highest BCUT2D eigenvalue weighted by Gasteiger charge is 2.29. The minimum absolute atomic E-state index is 0.162. The van der Waals surface area contributed by atoms with Gasteiger partial charge in [0.2, 0.25) is 5.91 Å². The van der Waals surface area contributed by atoms with E-state index in [9.17, 15) is 9.59 Å². The van der Waals surface area contributed by atoms with Crippen molar-refractivity contribution in [2.24, 2.45) is 5.92 Å². The zero-order chi connectivity index (χ0) is 22.8. The molecule has 0 fully saturated rings. The number of halogens is 1. The van der Waals surface area contributed by atoms with Gasteiger partial charge in [-0.15, -0.1) is 0 Å². The Morgan fingerprint density at radius 2 is 1.65 bits per heavy atom. The van der Waals surface area contributed by atoms with Crippen molar-refractivity contribution in [3.05, 3.63) is 59.1 Å². The van der Waals surface area contributed by atoms with Crippen LogP contribution < -0.4 is 14.8 Å². The summed E-state index contributed by atoms with van der Waals surface area (Å²) in [5, 5.41) is 3.53. The lowest BCUT2D eigenvalue weighted by atomic mass is 10.1. The van der Waals surface area contributed by atoms with E-state index in [1.807, 2.05) is 45.0 Å². The summed E-state index contributed by atoms with van der Waals surface area (Å²) < 4.78 is 10.9. The summed E-state index contributed by atoms with van der Waals surface area (Å²) in [5.74, 6) is 1.16. The first-order chi connectivity index (χ1) is 14.8. The Labute approximate surface area is 189 Å². The Kier molecular flexibility index (Phi) is 9.66. The van der Waals surface area contributed by atoms with Crippen LogP contribution in [0, 0.1) is 5.92 Å². The molecule has 0 saturated carbocycles. The van der Waals surface area contributed by atoms with Crippen molar-refractivity contribution >= 4 is 23.4 Å². The summed E-state index contributed by atoms with van der Waals surface area (Å²) in [6.45, 7) is 6.63. The van der Waals surface area contributed by atoms with Crippen molar-refractivity contribution in [3.8, 4) is 11.5 Å². The first-order valence-electron chi connectivity index (χ1n) is 10.4. The molecule has 0 unspecified atom stereocenters. The number of nitrogens with zero attached hydrogens (tertiary/aromatic N) is 1. The molecule has 0 aliphatic rings. The normalized spacial score (nSPS) is 11.7.